The monoisotopic (exact) mass is 326 g/mol. The predicted octanol–water partition coefficient (Wildman–Crippen LogP) is 3.74. The number of carbonyl (C=O) groups excluding carboxylic acids is 1. The number of nitrogens with zero attached hydrogens (tertiary/aromatic N) is 2. The standard InChI is InChI=1S/C20H23FN2O/c1-22(14-16-2-6-18(21)7-3-16)19-10-12-23(13-11-19)20-8-4-17(15-24)5-9-20/h2-9,15,19H,10-14H2,1H3. The van der Waals surface area contributed by atoms with Gasteiger partial charge < -0.3 is 4.90 Å². The molecule has 126 valence electrons. The van der Waals surface area contributed by atoms with Gasteiger partial charge in [0, 0.05) is 36.9 Å². The maximum atomic E-state index is 13.0. The van der Waals surface area contributed by atoms with Gasteiger partial charge in [-0.2, -0.15) is 0 Å². The topological polar surface area (TPSA) is 23.6 Å². The van der Waals surface area contributed by atoms with Crippen LogP contribution < -0.4 is 4.90 Å². The SMILES string of the molecule is CN(Cc1ccc(F)cc1)C1CCN(c2ccc(C=O)cc2)CC1. The fourth-order valence-corrected chi connectivity index (χ4v) is 3.34. The molecule has 2 aromatic carbocycles. The second kappa shape index (κ2) is 7.58. The van der Waals surface area contributed by atoms with Crippen molar-refractivity contribution < 1.29 is 9.18 Å². The van der Waals surface area contributed by atoms with Gasteiger partial charge in [0.2, 0.25) is 0 Å². The van der Waals surface area contributed by atoms with Crippen molar-refractivity contribution in [3.63, 3.8) is 0 Å². The van der Waals surface area contributed by atoms with E-state index in [9.17, 15) is 9.18 Å². The van der Waals surface area contributed by atoms with Crippen LogP contribution in [0.5, 0.6) is 0 Å². The van der Waals surface area contributed by atoms with E-state index in [1.54, 1.807) is 0 Å². The normalized spacial score (nSPS) is 15.7. The first-order valence-corrected chi connectivity index (χ1v) is 8.40. The lowest BCUT2D eigenvalue weighted by molar-refractivity contribution is 0.112. The Morgan fingerprint density at radius 1 is 1.08 bits per heavy atom. The zero-order valence-corrected chi connectivity index (χ0v) is 14.0. The number of halogens is 1. The molecule has 1 fully saturated rings. The first-order chi connectivity index (χ1) is 11.7. The van der Waals surface area contributed by atoms with E-state index in [0.29, 0.717) is 11.6 Å². The minimum atomic E-state index is -0.185. The summed E-state index contributed by atoms with van der Waals surface area (Å²) in [7, 11) is 2.14. The number of anilines is 1. The van der Waals surface area contributed by atoms with Crippen LogP contribution in [0.3, 0.4) is 0 Å². The summed E-state index contributed by atoms with van der Waals surface area (Å²) in [5.74, 6) is -0.185. The van der Waals surface area contributed by atoms with Crippen LogP contribution in [0.25, 0.3) is 0 Å². The third-order valence-corrected chi connectivity index (χ3v) is 4.83. The van der Waals surface area contributed by atoms with Gasteiger partial charge in [-0.3, -0.25) is 9.69 Å². The third-order valence-electron chi connectivity index (χ3n) is 4.83. The van der Waals surface area contributed by atoms with Crippen molar-refractivity contribution in [2.75, 3.05) is 25.0 Å². The van der Waals surface area contributed by atoms with Crippen LogP contribution in [0, 0.1) is 5.82 Å². The molecule has 1 saturated heterocycles. The van der Waals surface area contributed by atoms with E-state index in [2.05, 4.69) is 16.8 Å². The first-order valence-electron chi connectivity index (χ1n) is 8.40. The number of carbonyl (C=O) groups is 1. The molecule has 3 rings (SSSR count). The van der Waals surface area contributed by atoms with Gasteiger partial charge in [-0.25, -0.2) is 4.39 Å². The summed E-state index contributed by atoms with van der Waals surface area (Å²) in [6.45, 7) is 2.87. The van der Waals surface area contributed by atoms with Crippen LogP contribution in [0.2, 0.25) is 0 Å². The van der Waals surface area contributed by atoms with Crippen LogP contribution in [-0.4, -0.2) is 37.4 Å². The summed E-state index contributed by atoms with van der Waals surface area (Å²) < 4.78 is 13.0. The minimum absolute atomic E-state index is 0.185. The van der Waals surface area contributed by atoms with Crippen molar-refractivity contribution in [2.24, 2.45) is 0 Å². The van der Waals surface area contributed by atoms with Gasteiger partial charge in [0.25, 0.3) is 0 Å². The summed E-state index contributed by atoms with van der Waals surface area (Å²) in [5.41, 5.74) is 3.04. The molecular formula is C20H23FN2O. The molecule has 1 heterocycles. The van der Waals surface area contributed by atoms with E-state index >= 15 is 0 Å². The van der Waals surface area contributed by atoms with Crippen LogP contribution in [0.4, 0.5) is 10.1 Å². The zero-order valence-electron chi connectivity index (χ0n) is 14.0. The van der Waals surface area contributed by atoms with Gasteiger partial charge in [-0.05, 0) is 61.9 Å². The molecule has 0 unspecified atom stereocenters. The molecule has 0 bridgehead atoms. The Morgan fingerprint density at radius 2 is 1.71 bits per heavy atom. The summed E-state index contributed by atoms with van der Waals surface area (Å²) in [6.07, 6.45) is 3.08. The predicted molar refractivity (Wildman–Crippen MR) is 94.9 cm³/mol. The number of piperidine rings is 1. The molecule has 4 heteroatoms. The van der Waals surface area contributed by atoms with Crippen LogP contribution in [-0.2, 0) is 6.54 Å². The van der Waals surface area contributed by atoms with E-state index in [4.69, 9.17) is 0 Å². The van der Waals surface area contributed by atoms with E-state index < -0.39 is 0 Å². The molecule has 3 nitrogen and oxygen atoms in total. The number of hydrogen-bond donors (Lipinski definition) is 0. The van der Waals surface area contributed by atoms with Crippen molar-refractivity contribution in [1.29, 1.82) is 0 Å². The van der Waals surface area contributed by atoms with E-state index in [1.807, 2.05) is 36.4 Å². The molecule has 0 N–H and O–H groups in total. The lowest BCUT2D eigenvalue weighted by atomic mass is 10.0. The highest BCUT2D eigenvalue weighted by Gasteiger charge is 2.22. The van der Waals surface area contributed by atoms with Crippen molar-refractivity contribution in [3.8, 4) is 0 Å². The Balaban J connectivity index is 1.53. The highest BCUT2D eigenvalue weighted by molar-refractivity contribution is 5.75. The van der Waals surface area contributed by atoms with Gasteiger partial charge in [0.1, 0.15) is 12.1 Å². The second-order valence-electron chi connectivity index (χ2n) is 6.47. The second-order valence-corrected chi connectivity index (χ2v) is 6.47. The number of rotatable bonds is 5. The van der Waals surface area contributed by atoms with E-state index in [0.717, 1.165) is 44.3 Å². The van der Waals surface area contributed by atoms with Crippen LogP contribution in [0.1, 0.15) is 28.8 Å². The molecule has 1 aliphatic heterocycles. The Hall–Kier alpha value is -2.20. The molecule has 0 radical (unpaired) electrons. The molecule has 0 amide bonds. The molecule has 2 aromatic rings. The largest absolute Gasteiger partial charge is 0.371 e. The molecule has 0 atom stereocenters. The molecular weight excluding hydrogens is 303 g/mol. The Kier molecular flexibility index (Phi) is 5.26. The van der Waals surface area contributed by atoms with Crippen LogP contribution >= 0.6 is 0 Å². The maximum Gasteiger partial charge on any atom is 0.150 e. The summed E-state index contributed by atoms with van der Waals surface area (Å²) in [6, 6.07) is 15.1. The number of aldehydes is 1. The van der Waals surface area contributed by atoms with E-state index in [-0.39, 0.29) is 5.82 Å². The van der Waals surface area contributed by atoms with Crippen molar-refractivity contribution in [2.45, 2.75) is 25.4 Å². The quantitative estimate of drug-likeness (QED) is 0.782. The lowest BCUT2D eigenvalue weighted by Gasteiger charge is -2.38. The van der Waals surface area contributed by atoms with Crippen LogP contribution in [0.15, 0.2) is 48.5 Å². The van der Waals surface area contributed by atoms with Crippen molar-refractivity contribution in [3.05, 3.63) is 65.5 Å². The Morgan fingerprint density at radius 3 is 2.29 bits per heavy atom. The minimum Gasteiger partial charge on any atom is -0.371 e. The summed E-state index contributed by atoms with van der Waals surface area (Å²) in [5, 5.41) is 0. The Labute approximate surface area is 142 Å². The average molecular weight is 326 g/mol. The molecule has 1 aliphatic rings. The summed E-state index contributed by atoms with van der Waals surface area (Å²) in [4.78, 5) is 15.5. The van der Waals surface area contributed by atoms with Gasteiger partial charge >= 0.3 is 0 Å². The fraction of sp³-hybridized carbons (Fsp3) is 0.350. The van der Waals surface area contributed by atoms with Gasteiger partial charge in [-0.1, -0.05) is 12.1 Å². The maximum absolute atomic E-state index is 13.0. The smallest absolute Gasteiger partial charge is 0.150 e. The van der Waals surface area contributed by atoms with Gasteiger partial charge in [-0.15, -0.1) is 0 Å². The number of hydrogen-bond acceptors (Lipinski definition) is 3. The van der Waals surface area contributed by atoms with Crippen molar-refractivity contribution in [1.82, 2.24) is 4.90 Å². The zero-order chi connectivity index (χ0) is 16.9. The number of benzene rings is 2. The van der Waals surface area contributed by atoms with E-state index in [1.165, 1.54) is 17.8 Å². The van der Waals surface area contributed by atoms with Gasteiger partial charge in [0.05, 0.1) is 0 Å². The van der Waals surface area contributed by atoms with Crippen molar-refractivity contribution >= 4 is 12.0 Å². The first kappa shape index (κ1) is 16.7. The summed E-state index contributed by atoms with van der Waals surface area (Å²) >= 11 is 0. The lowest BCUT2D eigenvalue weighted by Crippen LogP contribution is -2.43. The highest BCUT2D eigenvalue weighted by Crippen LogP contribution is 2.23. The Bertz CT molecular complexity index is 661. The van der Waals surface area contributed by atoms with Gasteiger partial charge in [0.15, 0.2) is 0 Å². The molecule has 0 spiro atoms. The highest BCUT2D eigenvalue weighted by atomic mass is 19.1. The molecule has 0 saturated carbocycles. The average Bonchev–Trinajstić information content (AvgIpc) is 2.64. The third kappa shape index (κ3) is 4.01. The molecule has 0 aromatic heterocycles. The molecule has 0 aliphatic carbocycles. The molecule has 24 heavy (non-hydrogen) atoms. The fourth-order valence-electron chi connectivity index (χ4n) is 3.34.